The zero-order valence-corrected chi connectivity index (χ0v) is 49.9. The zero-order chi connectivity index (χ0) is 57.0. The molecule has 17 heteroatoms. The van der Waals surface area contributed by atoms with Crippen molar-refractivity contribution in [2.24, 2.45) is 0 Å². The first-order valence-corrected chi connectivity index (χ1v) is 29.1. The van der Waals surface area contributed by atoms with E-state index in [-0.39, 0.29) is 62.9 Å². The molecule has 1 saturated heterocycles. The topological polar surface area (TPSA) is 171 Å². The molecule has 0 spiro atoms. The van der Waals surface area contributed by atoms with Crippen LogP contribution in [0.3, 0.4) is 0 Å². The zero-order valence-electron chi connectivity index (χ0n) is 49.0. The van der Waals surface area contributed by atoms with E-state index in [0.29, 0.717) is 77.7 Å². The van der Waals surface area contributed by atoms with Gasteiger partial charge in [-0.05, 0) is 140 Å². The molecule has 1 unspecified atom stereocenters. The number of rotatable bonds is 22. The predicted octanol–water partition coefficient (Wildman–Crippen LogP) is 9.60. The molecule has 2 atom stereocenters. The highest BCUT2D eigenvalue weighted by Gasteiger charge is 2.32. The molecular weight excluding hydrogens is 988 g/mol. The summed E-state index contributed by atoms with van der Waals surface area (Å²) in [6.07, 6.45) is 7.26. The van der Waals surface area contributed by atoms with Crippen LogP contribution in [-0.4, -0.2) is 168 Å². The second-order valence-electron chi connectivity index (χ2n) is 25.0. The number of hydrogen-bond acceptors (Lipinski definition) is 16. The van der Waals surface area contributed by atoms with E-state index in [1.165, 1.54) is 0 Å². The second kappa shape index (κ2) is 30.1. The van der Waals surface area contributed by atoms with Gasteiger partial charge in [-0.25, -0.2) is 0 Å². The van der Waals surface area contributed by atoms with Crippen molar-refractivity contribution < 1.29 is 56.7 Å². The van der Waals surface area contributed by atoms with Crippen LogP contribution < -0.4 is 0 Å². The van der Waals surface area contributed by atoms with Gasteiger partial charge in [-0.2, -0.15) is 0 Å². The van der Waals surface area contributed by atoms with Gasteiger partial charge in [-0.15, -0.1) is 0 Å². The summed E-state index contributed by atoms with van der Waals surface area (Å²) in [5.74, 6) is -1.82. The van der Waals surface area contributed by atoms with Crippen molar-refractivity contribution in [3.05, 3.63) is 77.4 Å². The van der Waals surface area contributed by atoms with Crippen molar-refractivity contribution in [3.8, 4) is 0 Å². The minimum absolute atomic E-state index is 0.00353. The highest BCUT2D eigenvalue weighted by atomic mass is 31.2. The predicted molar refractivity (Wildman–Crippen MR) is 300 cm³/mol. The Balaban J connectivity index is 1.93. The lowest BCUT2D eigenvalue weighted by Gasteiger charge is -2.39. The maximum absolute atomic E-state index is 14.3. The molecule has 1 heterocycles. The van der Waals surface area contributed by atoms with Crippen LogP contribution in [0.25, 0.3) is 6.08 Å². The molecule has 2 aromatic carbocycles. The maximum Gasteiger partial charge on any atom is 0.320 e. The van der Waals surface area contributed by atoms with Gasteiger partial charge in [-0.1, -0.05) is 73.2 Å². The molecule has 0 amide bonds. The van der Waals surface area contributed by atoms with Gasteiger partial charge in [-0.3, -0.25) is 48.1 Å². The Morgan fingerprint density at radius 2 is 0.987 bits per heavy atom. The lowest BCUT2D eigenvalue weighted by atomic mass is 10.0. The Hall–Kier alpha value is -4.44. The summed E-state index contributed by atoms with van der Waals surface area (Å²) in [6, 6.07) is 17.3. The van der Waals surface area contributed by atoms with Gasteiger partial charge in [0.05, 0.1) is 31.8 Å². The highest BCUT2D eigenvalue weighted by Crippen LogP contribution is 2.51. The minimum atomic E-state index is -3.09. The normalized spacial score (nSPS) is 17.5. The fourth-order valence-electron chi connectivity index (χ4n) is 8.49. The number of unbranched alkanes of at least 4 members (excludes halogenated alkanes) is 2. The number of benzene rings is 2. The number of nitrogens with zero attached hydrogens (tertiary/aromatic N) is 4. The van der Waals surface area contributed by atoms with Gasteiger partial charge in [0.15, 0.2) is 0 Å². The van der Waals surface area contributed by atoms with Gasteiger partial charge in [0.1, 0.15) is 29.0 Å². The molecule has 3 rings (SSSR count). The first-order chi connectivity index (χ1) is 35.1. The van der Waals surface area contributed by atoms with Crippen LogP contribution in [0.15, 0.2) is 60.7 Å². The Labute approximate surface area is 456 Å². The van der Waals surface area contributed by atoms with Gasteiger partial charge in [0.2, 0.25) is 7.37 Å². The molecule has 0 aromatic heterocycles. The molecule has 2 aromatic rings. The Kier molecular flexibility index (Phi) is 26.0. The summed E-state index contributed by atoms with van der Waals surface area (Å²) < 4.78 is 49.2. The van der Waals surface area contributed by atoms with Crippen LogP contribution >= 0.6 is 7.37 Å². The summed E-state index contributed by atoms with van der Waals surface area (Å²) in [5, 5.41) is 0. The summed E-state index contributed by atoms with van der Waals surface area (Å²) in [5.41, 5.74) is -0.647. The van der Waals surface area contributed by atoms with E-state index in [0.717, 1.165) is 23.1 Å². The molecule has 1 aliphatic heterocycles. The van der Waals surface area contributed by atoms with Gasteiger partial charge in [0, 0.05) is 70.6 Å². The average molecular weight is 1080 g/mol. The molecule has 0 aliphatic carbocycles. The number of ether oxygens (including phenoxy) is 5. The quantitative estimate of drug-likeness (QED) is 0.0472. The maximum atomic E-state index is 14.3. The van der Waals surface area contributed by atoms with E-state index in [1.54, 1.807) is 0 Å². The van der Waals surface area contributed by atoms with Gasteiger partial charge < -0.3 is 28.2 Å². The van der Waals surface area contributed by atoms with Crippen molar-refractivity contribution in [3.63, 3.8) is 0 Å². The molecule has 0 radical (unpaired) electrons. The van der Waals surface area contributed by atoms with Crippen molar-refractivity contribution in [2.45, 2.75) is 177 Å². The summed E-state index contributed by atoms with van der Waals surface area (Å²) >= 11 is 0. The number of carbonyl (C=O) groups is 5. The van der Waals surface area contributed by atoms with Gasteiger partial charge >= 0.3 is 29.8 Å². The van der Waals surface area contributed by atoms with Crippen LogP contribution in [0.1, 0.15) is 146 Å². The third kappa shape index (κ3) is 30.5. The number of allylic oxidation sites excluding steroid dienone is 1. The fourth-order valence-corrected chi connectivity index (χ4v) is 11.0. The Bertz CT molecular complexity index is 2200. The van der Waals surface area contributed by atoms with Gasteiger partial charge in [0.25, 0.3) is 0 Å². The molecule has 0 saturated carbocycles. The third-order valence-electron chi connectivity index (χ3n) is 11.4. The van der Waals surface area contributed by atoms with E-state index >= 15 is 0 Å². The lowest BCUT2D eigenvalue weighted by molar-refractivity contribution is -0.160. The minimum Gasteiger partial charge on any atom is -0.461 e. The molecule has 1 fully saturated rings. The Morgan fingerprint density at radius 3 is 1.47 bits per heavy atom. The van der Waals surface area contributed by atoms with Crippen molar-refractivity contribution in [1.29, 1.82) is 0 Å². The van der Waals surface area contributed by atoms with E-state index in [2.05, 4.69) is 4.90 Å². The van der Waals surface area contributed by atoms with E-state index in [1.807, 2.05) is 185 Å². The first-order valence-electron chi connectivity index (χ1n) is 27.1. The molecule has 428 valence electrons. The molecule has 1 aliphatic rings. The molecular formula is C59H95N4O12P. The van der Waals surface area contributed by atoms with Crippen LogP contribution in [0.2, 0.25) is 0 Å². The molecule has 16 nitrogen and oxygen atoms in total. The second-order valence-corrected chi connectivity index (χ2v) is 27.6. The van der Waals surface area contributed by atoms with Crippen molar-refractivity contribution >= 4 is 43.3 Å². The van der Waals surface area contributed by atoms with Crippen molar-refractivity contribution in [1.82, 2.24) is 19.6 Å². The van der Waals surface area contributed by atoms with Crippen LogP contribution in [0.4, 0.5) is 0 Å². The third-order valence-corrected chi connectivity index (χ3v) is 14.1. The lowest BCUT2D eigenvalue weighted by Crippen LogP contribution is -2.54. The van der Waals surface area contributed by atoms with Crippen LogP contribution in [0.5, 0.6) is 0 Å². The SMILES string of the molecule is CC(C)(C)OC(=O)CN1CCN(CC(=O)OC(C)(C)C)CCN(CC(=O)OC(C)(C)C)[C@@H](Cc2ccc(/C=C/CP(=O)(CCCCCC(=O)OCc3ccccc3)OC(C)(C)C)cc2)CN(CC(=O)OC(C)(C)C)CC1. The molecule has 76 heavy (non-hydrogen) atoms. The van der Waals surface area contributed by atoms with Crippen LogP contribution in [-0.2, 0) is 69.8 Å². The smallest absolute Gasteiger partial charge is 0.320 e. The van der Waals surface area contributed by atoms with Crippen molar-refractivity contribution in [2.75, 3.05) is 84.3 Å². The summed E-state index contributed by atoms with van der Waals surface area (Å²) in [7, 11) is -3.09. The monoisotopic (exact) mass is 1080 g/mol. The van der Waals surface area contributed by atoms with E-state index in [4.69, 9.17) is 28.2 Å². The Morgan fingerprint density at radius 1 is 0.526 bits per heavy atom. The highest BCUT2D eigenvalue weighted by molar-refractivity contribution is 7.59. The summed E-state index contributed by atoms with van der Waals surface area (Å²) in [4.78, 5) is 74.6. The standard InChI is InChI=1S/C59H95N4O12P/c1-55(2,3)71-51(65)41-60-31-32-61(42-52(66)72-56(4,5)6)35-36-63(44-54(68)74-58(10,11)12)49(40-62(34-33-60)43-53(67)73-57(7,8)9)39-47-29-27-46(28-30-47)25-22-38-76(69,75-59(13,14)15)37-21-17-20-26-50(64)70-45-48-23-18-16-19-24-48/h16,18-19,22-25,27-30,49H,17,20-21,26,31-45H2,1-15H3/b25-22+/t49-,76?/m0/s1. The fraction of sp³-hybridized carbons (Fsp3) is 0.678. The molecule has 0 N–H and O–H groups in total. The number of carbonyl (C=O) groups excluding carboxylic acids is 5. The average Bonchev–Trinajstić information content (AvgIpc) is 3.24. The van der Waals surface area contributed by atoms with E-state index < -0.39 is 47.3 Å². The van der Waals surface area contributed by atoms with Crippen LogP contribution in [0, 0.1) is 0 Å². The summed E-state index contributed by atoms with van der Waals surface area (Å²) in [6.45, 7) is 30.5. The first kappa shape index (κ1) is 65.8. The number of esters is 5. The largest absolute Gasteiger partial charge is 0.461 e. The molecule has 0 bridgehead atoms. The van der Waals surface area contributed by atoms with E-state index in [9.17, 15) is 28.5 Å². The number of hydrogen-bond donors (Lipinski definition) is 0.